The zero-order valence-corrected chi connectivity index (χ0v) is 11.1. The van der Waals surface area contributed by atoms with Crippen molar-refractivity contribution in [3.05, 3.63) is 52.8 Å². The summed E-state index contributed by atoms with van der Waals surface area (Å²) in [5.74, 6) is 0.146. The number of para-hydroxylation sites is 1. The average Bonchev–Trinajstić information content (AvgIpc) is 2.42. The van der Waals surface area contributed by atoms with Crippen LogP contribution in [0.3, 0.4) is 0 Å². The van der Waals surface area contributed by atoms with Gasteiger partial charge in [0.05, 0.1) is 12.3 Å². The summed E-state index contributed by atoms with van der Waals surface area (Å²) < 4.78 is 0. The van der Waals surface area contributed by atoms with Gasteiger partial charge in [-0.3, -0.25) is 4.98 Å². The SMILES string of the molecule is Cc1ccccc1NCc1c(CO)cnc(C)c1O. The van der Waals surface area contributed by atoms with Gasteiger partial charge in [-0.05, 0) is 25.5 Å². The third-order valence-corrected chi connectivity index (χ3v) is 3.20. The molecule has 1 aromatic carbocycles. The fourth-order valence-electron chi connectivity index (χ4n) is 1.97. The van der Waals surface area contributed by atoms with Gasteiger partial charge in [0.1, 0.15) is 5.75 Å². The molecule has 0 aliphatic rings. The fraction of sp³-hybridized carbons (Fsp3) is 0.267. The van der Waals surface area contributed by atoms with E-state index in [4.69, 9.17) is 0 Å². The maximum absolute atomic E-state index is 10.0. The number of nitrogens with zero attached hydrogens (tertiary/aromatic N) is 1. The number of hydrogen-bond acceptors (Lipinski definition) is 4. The summed E-state index contributed by atoms with van der Waals surface area (Å²) in [6.07, 6.45) is 1.60. The molecule has 0 aliphatic heterocycles. The van der Waals surface area contributed by atoms with Crippen LogP contribution in [0, 0.1) is 13.8 Å². The molecule has 0 unspecified atom stereocenters. The first-order valence-electron chi connectivity index (χ1n) is 6.20. The quantitative estimate of drug-likeness (QED) is 0.788. The zero-order valence-electron chi connectivity index (χ0n) is 11.1. The molecule has 0 spiro atoms. The van der Waals surface area contributed by atoms with Crippen LogP contribution >= 0.6 is 0 Å². The highest BCUT2D eigenvalue weighted by Gasteiger charge is 2.11. The molecule has 4 nitrogen and oxygen atoms in total. The standard InChI is InChI=1S/C15H18N2O2/c1-10-5-3-4-6-14(10)17-8-13-12(9-18)7-16-11(2)15(13)19/h3-7,17-19H,8-9H2,1-2H3. The number of nitrogens with one attached hydrogen (secondary N) is 1. The molecular formula is C15H18N2O2. The molecule has 1 heterocycles. The summed E-state index contributed by atoms with van der Waals surface area (Å²) in [4.78, 5) is 4.04. The summed E-state index contributed by atoms with van der Waals surface area (Å²) in [5.41, 5.74) is 4.06. The molecule has 1 aromatic heterocycles. The Balaban J connectivity index is 2.24. The average molecular weight is 258 g/mol. The Labute approximate surface area is 112 Å². The van der Waals surface area contributed by atoms with Crippen LogP contribution in [-0.2, 0) is 13.2 Å². The van der Waals surface area contributed by atoms with Crippen LogP contribution in [0.25, 0.3) is 0 Å². The molecule has 2 aromatic rings. The van der Waals surface area contributed by atoms with Crippen LogP contribution in [0.4, 0.5) is 5.69 Å². The van der Waals surface area contributed by atoms with E-state index < -0.39 is 0 Å². The van der Waals surface area contributed by atoms with Gasteiger partial charge in [-0.15, -0.1) is 0 Å². The lowest BCUT2D eigenvalue weighted by Crippen LogP contribution is -2.06. The molecule has 0 radical (unpaired) electrons. The Kier molecular flexibility index (Phi) is 4.02. The molecule has 100 valence electrons. The van der Waals surface area contributed by atoms with Crippen molar-refractivity contribution in [3.63, 3.8) is 0 Å². The minimum absolute atomic E-state index is 0.133. The molecular weight excluding hydrogens is 240 g/mol. The van der Waals surface area contributed by atoms with Crippen molar-refractivity contribution in [1.82, 2.24) is 4.98 Å². The first-order valence-corrected chi connectivity index (χ1v) is 6.20. The summed E-state index contributed by atoms with van der Waals surface area (Å²) in [7, 11) is 0. The van der Waals surface area contributed by atoms with Crippen LogP contribution in [0.15, 0.2) is 30.5 Å². The van der Waals surface area contributed by atoms with Gasteiger partial charge >= 0.3 is 0 Å². The molecule has 0 amide bonds. The van der Waals surface area contributed by atoms with Crippen molar-refractivity contribution in [2.75, 3.05) is 5.32 Å². The van der Waals surface area contributed by atoms with Gasteiger partial charge in [0.25, 0.3) is 0 Å². The predicted molar refractivity (Wildman–Crippen MR) is 75.1 cm³/mol. The Morgan fingerprint density at radius 3 is 2.63 bits per heavy atom. The number of aromatic nitrogens is 1. The lowest BCUT2D eigenvalue weighted by Gasteiger charge is -2.14. The Bertz CT molecular complexity index is 582. The smallest absolute Gasteiger partial charge is 0.142 e. The predicted octanol–water partition coefficient (Wildman–Crippen LogP) is 2.51. The number of aliphatic hydroxyl groups excluding tert-OH is 1. The Morgan fingerprint density at radius 1 is 1.21 bits per heavy atom. The molecule has 0 saturated carbocycles. The normalized spacial score (nSPS) is 10.5. The van der Waals surface area contributed by atoms with E-state index in [0.29, 0.717) is 23.4 Å². The van der Waals surface area contributed by atoms with Crippen LogP contribution in [0.5, 0.6) is 5.75 Å². The third kappa shape index (κ3) is 2.85. The van der Waals surface area contributed by atoms with Crippen molar-refractivity contribution in [2.24, 2.45) is 0 Å². The maximum atomic E-state index is 10.0. The molecule has 0 bridgehead atoms. The Hall–Kier alpha value is -2.07. The molecule has 0 atom stereocenters. The molecule has 0 fully saturated rings. The Morgan fingerprint density at radius 2 is 1.95 bits per heavy atom. The molecule has 3 N–H and O–H groups in total. The van der Waals surface area contributed by atoms with E-state index in [0.717, 1.165) is 11.3 Å². The highest BCUT2D eigenvalue weighted by molar-refractivity contribution is 5.52. The number of anilines is 1. The van der Waals surface area contributed by atoms with E-state index in [2.05, 4.69) is 10.3 Å². The van der Waals surface area contributed by atoms with E-state index in [1.807, 2.05) is 31.2 Å². The van der Waals surface area contributed by atoms with Crippen molar-refractivity contribution in [3.8, 4) is 5.75 Å². The van der Waals surface area contributed by atoms with Gasteiger partial charge in [-0.1, -0.05) is 18.2 Å². The van der Waals surface area contributed by atoms with E-state index in [1.54, 1.807) is 13.1 Å². The summed E-state index contributed by atoms with van der Waals surface area (Å²) in [5, 5.41) is 22.6. The summed E-state index contributed by atoms with van der Waals surface area (Å²) in [6.45, 7) is 4.09. The van der Waals surface area contributed by atoms with Crippen molar-refractivity contribution in [2.45, 2.75) is 27.0 Å². The largest absolute Gasteiger partial charge is 0.506 e. The monoisotopic (exact) mass is 258 g/mol. The van der Waals surface area contributed by atoms with Gasteiger partial charge in [0, 0.05) is 29.6 Å². The minimum Gasteiger partial charge on any atom is -0.506 e. The number of aromatic hydroxyl groups is 1. The highest BCUT2D eigenvalue weighted by Crippen LogP contribution is 2.25. The first kappa shape index (κ1) is 13.4. The van der Waals surface area contributed by atoms with Gasteiger partial charge in [-0.25, -0.2) is 0 Å². The van der Waals surface area contributed by atoms with Crippen LogP contribution in [0.1, 0.15) is 22.4 Å². The molecule has 0 saturated heterocycles. The van der Waals surface area contributed by atoms with Gasteiger partial charge in [-0.2, -0.15) is 0 Å². The van der Waals surface area contributed by atoms with Crippen molar-refractivity contribution in [1.29, 1.82) is 0 Å². The van der Waals surface area contributed by atoms with E-state index in [1.165, 1.54) is 0 Å². The summed E-state index contributed by atoms with van der Waals surface area (Å²) in [6, 6.07) is 7.94. The maximum Gasteiger partial charge on any atom is 0.142 e. The van der Waals surface area contributed by atoms with E-state index in [9.17, 15) is 10.2 Å². The number of benzene rings is 1. The number of pyridine rings is 1. The van der Waals surface area contributed by atoms with Gasteiger partial charge < -0.3 is 15.5 Å². The number of aliphatic hydroxyl groups is 1. The fourth-order valence-corrected chi connectivity index (χ4v) is 1.97. The van der Waals surface area contributed by atoms with Crippen LogP contribution < -0.4 is 5.32 Å². The second-order valence-electron chi connectivity index (χ2n) is 4.52. The topological polar surface area (TPSA) is 65.4 Å². The number of rotatable bonds is 4. The van der Waals surface area contributed by atoms with E-state index in [-0.39, 0.29) is 12.4 Å². The van der Waals surface area contributed by atoms with Crippen LogP contribution in [-0.4, -0.2) is 15.2 Å². The molecule has 2 rings (SSSR count). The second kappa shape index (κ2) is 5.71. The zero-order chi connectivity index (χ0) is 13.8. The first-order chi connectivity index (χ1) is 9.13. The van der Waals surface area contributed by atoms with Crippen molar-refractivity contribution < 1.29 is 10.2 Å². The van der Waals surface area contributed by atoms with Gasteiger partial charge in [0.15, 0.2) is 0 Å². The molecule has 4 heteroatoms. The number of hydrogen-bond donors (Lipinski definition) is 3. The van der Waals surface area contributed by atoms with E-state index >= 15 is 0 Å². The lowest BCUT2D eigenvalue weighted by atomic mass is 10.1. The second-order valence-corrected chi connectivity index (χ2v) is 4.52. The summed E-state index contributed by atoms with van der Waals surface area (Å²) >= 11 is 0. The lowest BCUT2D eigenvalue weighted by molar-refractivity contribution is 0.279. The molecule has 19 heavy (non-hydrogen) atoms. The third-order valence-electron chi connectivity index (χ3n) is 3.20. The van der Waals surface area contributed by atoms with Crippen molar-refractivity contribution >= 4 is 5.69 Å². The van der Waals surface area contributed by atoms with Crippen LogP contribution in [0.2, 0.25) is 0 Å². The highest BCUT2D eigenvalue weighted by atomic mass is 16.3. The minimum atomic E-state index is -0.133. The number of aryl methyl sites for hydroxylation is 2. The van der Waals surface area contributed by atoms with Gasteiger partial charge in [0.2, 0.25) is 0 Å². The molecule has 0 aliphatic carbocycles.